The van der Waals surface area contributed by atoms with Crippen molar-refractivity contribution in [1.82, 2.24) is 4.98 Å². The lowest BCUT2D eigenvalue weighted by Crippen LogP contribution is -1.95. The standard InChI is InChI=1S/C10H10ClNO/c1-3-4-5-8-9(11)6-7-12-10(8)13-2/h1,6-7H,4-5H2,2H3. The molecule has 0 bridgehead atoms. The molecule has 0 aromatic carbocycles. The molecule has 0 aliphatic carbocycles. The maximum absolute atomic E-state index is 5.96. The lowest BCUT2D eigenvalue weighted by Gasteiger charge is -2.06. The largest absolute Gasteiger partial charge is 0.481 e. The molecule has 0 fully saturated rings. The zero-order valence-electron chi connectivity index (χ0n) is 7.38. The number of hydrogen-bond donors (Lipinski definition) is 0. The average molecular weight is 196 g/mol. The summed E-state index contributed by atoms with van der Waals surface area (Å²) in [6.45, 7) is 0. The van der Waals surface area contributed by atoms with Crippen molar-refractivity contribution in [3.63, 3.8) is 0 Å². The van der Waals surface area contributed by atoms with E-state index in [1.807, 2.05) is 0 Å². The minimum absolute atomic E-state index is 0.558. The van der Waals surface area contributed by atoms with Gasteiger partial charge in [0.2, 0.25) is 5.88 Å². The summed E-state index contributed by atoms with van der Waals surface area (Å²) in [6, 6.07) is 1.73. The minimum atomic E-state index is 0.558. The van der Waals surface area contributed by atoms with E-state index in [0.717, 1.165) is 5.56 Å². The summed E-state index contributed by atoms with van der Waals surface area (Å²) in [7, 11) is 1.57. The number of terminal acetylenes is 1. The van der Waals surface area contributed by atoms with Crippen molar-refractivity contribution >= 4 is 11.6 Å². The minimum Gasteiger partial charge on any atom is -0.481 e. The van der Waals surface area contributed by atoms with Crippen LogP contribution in [0.2, 0.25) is 5.02 Å². The smallest absolute Gasteiger partial charge is 0.217 e. The number of halogens is 1. The molecule has 0 saturated heterocycles. The van der Waals surface area contributed by atoms with Gasteiger partial charge in [0.1, 0.15) is 0 Å². The molecule has 68 valence electrons. The lowest BCUT2D eigenvalue weighted by atomic mass is 10.1. The molecular formula is C10H10ClNO. The number of ether oxygens (including phenoxy) is 1. The Morgan fingerprint density at radius 2 is 2.46 bits per heavy atom. The Balaban J connectivity index is 2.95. The highest BCUT2D eigenvalue weighted by atomic mass is 35.5. The monoisotopic (exact) mass is 195 g/mol. The zero-order chi connectivity index (χ0) is 9.68. The molecule has 1 rings (SSSR count). The lowest BCUT2D eigenvalue weighted by molar-refractivity contribution is 0.392. The number of aromatic nitrogens is 1. The van der Waals surface area contributed by atoms with Crippen molar-refractivity contribution in [2.75, 3.05) is 7.11 Å². The molecule has 1 aromatic rings. The second-order valence-electron chi connectivity index (χ2n) is 2.48. The third-order valence-electron chi connectivity index (χ3n) is 1.67. The fourth-order valence-corrected chi connectivity index (χ4v) is 1.28. The first-order valence-electron chi connectivity index (χ1n) is 3.90. The van der Waals surface area contributed by atoms with Crippen LogP contribution in [0.3, 0.4) is 0 Å². The second-order valence-corrected chi connectivity index (χ2v) is 2.89. The highest BCUT2D eigenvalue weighted by Gasteiger charge is 2.07. The third-order valence-corrected chi connectivity index (χ3v) is 2.03. The molecule has 0 spiro atoms. The number of hydrogen-bond acceptors (Lipinski definition) is 2. The van der Waals surface area contributed by atoms with Crippen LogP contribution < -0.4 is 4.74 Å². The Labute approximate surface area is 82.9 Å². The van der Waals surface area contributed by atoms with Gasteiger partial charge in [-0.1, -0.05) is 11.6 Å². The van der Waals surface area contributed by atoms with Gasteiger partial charge < -0.3 is 4.74 Å². The number of pyridine rings is 1. The molecule has 0 atom stereocenters. The van der Waals surface area contributed by atoms with Crippen LogP contribution in [0, 0.1) is 12.3 Å². The number of nitrogens with zero attached hydrogens (tertiary/aromatic N) is 1. The van der Waals surface area contributed by atoms with Gasteiger partial charge in [-0.2, -0.15) is 0 Å². The second kappa shape index (κ2) is 4.74. The molecule has 13 heavy (non-hydrogen) atoms. The van der Waals surface area contributed by atoms with E-state index in [4.69, 9.17) is 22.8 Å². The highest BCUT2D eigenvalue weighted by Crippen LogP contribution is 2.24. The van der Waals surface area contributed by atoms with Crippen LogP contribution in [0.5, 0.6) is 5.88 Å². The third kappa shape index (κ3) is 2.37. The summed E-state index contributed by atoms with van der Waals surface area (Å²) in [5.74, 6) is 3.11. The van der Waals surface area contributed by atoms with Gasteiger partial charge in [-0.05, 0) is 12.5 Å². The molecular weight excluding hydrogens is 186 g/mol. The van der Waals surface area contributed by atoms with Crippen molar-refractivity contribution < 1.29 is 4.74 Å². The van der Waals surface area contributed by atoms with E-state index in [0.29, 0.717) is 23.7 Å². The fourth-order valence-electron chi connectivity index (χ4n) is 1.05. The molecule has 0 aliphatic rings. The van der Waals surface area contributed by atoms with Gasteiger partial charge >= 0.3 is 0 Å². The predicted octanol–water partition coefficient (Wildman–Crippen LogP) is 2.31. The van der Waals surface area contributed by atoms with E-state index < -0.39 is 0 Å². The van der Waals surface area contributed by atoms with Gasteiger partial charge in [0.25, 0.3) is 0 Å². The van der Waals surface area contributed by atoms with Crippen LogP contribution in [0.1, 0.15) is 12.0 Å². The van der Waals surface area contributed by atoms with Gasteiger partial charge in [-0.15, -0.1) is 12.3 Å². The Bertz CT molecular complexity index is 330. The SMILES string of the molecule is C#CCCc1c(Cl)ccnc1OC. The van der Waals surface area contributed by atoms with E-state index in [-0.39, 0.29) is 0 Å². The first kappa shape index (κ1) is 9.88. The van der Waals surface area contributed by atoms with E-state index in [1.54, 1.807) is 19.4 Å². The highest BCUT2D eigenvalue weighted by molar-refractivity contribution is 6.31. The van der Waals surface area contributed by atoms with Crippen molar-refractivity contribution in [3.05, 3.63) is 22.8 Å². The van der Waals surface area contributed by atoms with Crippen LogP contribution >= 0.6 is 11.6 Å². The molecule has 0 unspecified atom stereocenters. The number of methoxy groups -OCH3 is 1. The summed E-state index contributed by atoms with van der Waals surface area (Å²) in [5, 5.41) is 0.655. The van der Waals surface area contributed by atoms with Gasteiger partial charge in [-0.3, -0.25) is 0 Å². The van der Waals surface area contributed by atoms with Crippen LogP contribution in [-0.2, 0) is 6.42 Å². The van der Waals surface area contributed by atoms with E-state index in [1.165, 1.54) is 0 Å². The summed E-state index contributed by atoms with van der Waals surface area (Å²) < 4.78 is 5.06. The Kier molecular flexibility index (Phi) is 3.60. The Morgan fingerprint density at radius 3 is 3.08 bits per heavy atom. The molecule has 3 heteroatoms. The normalized spacial score (nSPS) is 9.31. The maximum atomic E-state index is 5.96. The summed E-state index contributed by atoms with van der Waals surface area (Å²) >= 11 is 5.96. The van der Waals surface area contributed by atoms with Gasteiger partial charge in [0.05, 0.1) is 12.1 Å². The van der Waals surface area contributed by atoms with E-state index in [9.17, 15) is 0 Å². The van der Waals surface area contributed by atoms with Gasteiger partial charge in [-0.25, -0.2) is 4.98 Å². The van der Waals surface area contributed by atoms with Crippen molar-refractivity contribution in [2.45, 2.75) is 12.8 Å². The quantitative estimate of drug-likeness (QED) is 0.691. The summed E-state index contributed by atoms with van der Waals surface area (Å²) in [5.41, 5.74) is 0.879. The van der Waals surface area contributed by atoms with Gasteiger partial charge in [0.15, 0.2) is 0 Å². The molecule has 0 N–H and O–H groups in total. The molecule has 1 aromatic heterocycles. The van der Waals surface area contributed by atoms with E-state index in [2.05, 4.69) is 10.9 Å². The maximum Gasteiger partial charge on any atom is 0.217 e. The van der Waals surface area contributed by atoms with Gasteiger partial charge in [0, 0.05) is 18.2 Å². The molecule has 0 aliphatic heterocycles. The van der Waals surface area contributed by atoms with Crippen molar-refractivity contribution in [1.29, 1.82) is 0 Å². The first-order valence-corrected chi connectivity index (χ1v) is 4.28. The molecule has 0 saturated carbocycles. The van der Waals surface area contributed by atoms with Crippen molar-refractivity contribution in [2.24, 2.45) is 0 Å². The number of rotatable bonds is 3. The van der Waals surface area contributed by atoms with Crippen LogP contribution in [-0.4, -0.2) is 12.1 Å². The predicted molar refractivity (Wildman–Crippen MR) is 53.0 cm³/mol. The first-order chi connectivity index (χ1) is 6.29. The van der Waals surface area contributed by atoms with E-state index >= 15 is 0 Å². The Hall–Kier alpha value is -1.20. The fraction of sp³-hybridized carbons (Fsp3) is 0.300. The molecule has 1 heterocycles. The van der Waals surface area contributed by atoms with Crippen LogP contribution in [0.15, 0.2) is 12.3 Å². The van der Waals surface area contributed by atoms with Crippen molar-refractivity contribution in [3.8, 4) is 18.2 Å². The van der Waals surface area contributed by atoms with Crippen LogP contribution in [0.4, 0.5) is 0 Å². The summed E-state index contributed by atoms with van der Waals surface area (Å²) in [6.07, 6.45) is 8.12. The van der Waals surface area contributed by atoms with Crippen LogP contribution in [0.25, 0.3) is 0 Å². The molecule has 0 radical (unpaired) electrons. The zero-order valence-corrected chi connectivity index (χ0v) is 8.14. The molecule has 0 amide bonds. The molecule has 2 nitrogen and oxygen atoms in total. The Morgan fingerprint density at radius 1 is 1.69 bits per heavy atom. The summed E-state index contributed by atoms with van der Waals surface area (Å²) in [4.78, 5) is 4.04. The average Bonchev–Trinajstić information content (AvgIpc) is 2.15. The topological polar surface area (TPSA) is 22.1 Å².